The van der Waals surface area contributed by atoms with Gasteiger partial charge in [-0.1, -0.05) is 44.2 Å². The summed E-state index contributed by atoms with van der Waals surface area (Å²) in [5.74, 6) is 0. The number of primary amides is 1. The molecule has 2 rings (SSSR count). The Morgan fingerprint density at radius 3 is 2.53 bits per heavy atom. The molecule has 3 heteroatoms. The van der Waals surface area contributed by atoms with Crippen LogP contribution in [-0.4, -0.2) is 11.7 Å². The molecule has 104 valence electrons. The van der Waals surface area contributed by atoms with Crippen LogP contribution < -0.4 is 5.73 Å². The number of rotatable bonds is 3. The predicted octanol–water partition coefficient (Wildman–Crippen LogP) is 3.66. The van der Waals surface area contributed by atoms with E-state index in [2.05, 4.69) is 26.0 Å². The first-order chi connectivity index (χ1) is 8.91. The van der Waals surface area contributed by atoms with E-state index in [1.165, 1.54) is 12.0 Å². The Morgan fingerprint density at radius 2 is 1.95 bits per heavy atom. The second kappa shape index (κ2) is 5.24. The molecular formula is C16H23NO2. The van der Waals surface area contributed by atoms with Crippen molar-refractivity contribution in [2.24, 2.45) is 11.1 Å². The van der Waals surface area contributed by atoms with Gasteiger partial charge in [0.2, 0.25) is 0 Å². The molecule has 1 aliphatic carbocycles. The number of ether oxygens (including phenoxy) is 1. The van der Waals surface area contributed by atoms with Gasteiger partial charge in [-0.25, -0.2) is 4.79 Å². The van der Waals surface area contributed by atoms with E-state index in [0.29, 0.717) is 0 Å². The molecule has 3 nitrogen and oxygen atoms in total. The maximum Gasteiger partial charge on any atom is 0.405 e. The van der Waals surface area contributed by atoms with Crippen LogP contribution in [0.2, 0.25) is 0 Å². The van der Waals surface area contributed by atoms with Crippen molar-refractivity contribution in [2.45, 2.75) is 51.6 Å². The van der Waals surface area contributed by atoms with Gasteiger partial charge in [0, 0.05) is 6.42 Å². The molecule has 0 aliphatic heterocycles. The van der Waals surface area contributed by atoms with Crippen molar-refractivity contribution >= 4 is 6.09 Å². The fourth-order valence-electron chi connectivity index (χ4n) is 3.39. The van der Waals surface area contributed by atoms with Crippen LogP contribution in [0.3, 0.4) is 0 Å². The molecule has 1 aromatic carbocycles. The number of nitrogens with two attached hydrogens (primary N) is 1. The highest BCUT2D eigenvalue weighted by atomic mass is 16.6. The Morgan fingerprint density at radius 1 is 1.26 bits per heavy atom. The number of carbonyl (C=O) groups is 1. The van der Waals surface area contributed by atoms with Crippen molar-refractivity contribution in [3.63, 3.8) is 0 Å². The van der Waals surface area contributed by atoms with Crippen LogP contribution in [0.15, 0.2) is 30.3 Å². The summed E-state index contributed by atoms with van der Waals surface area (Å²) >= 11 is 0. The molecule has 1 atom stereocenters. The van der Waals surface area contributed by atoms with Crippen molar-refractivity contribution in [1.82, 2.24) is 0 Å². The third kappa shape index (κ3) is 3.72. The van der Waals surface area contributed by atoms with Crippen LogP contribution in [-0.2, 0) is 11.2 Å². The standard InChI is InChI=1S/C16H23NO2/c1-15(2)9-6-10-16(12-15,19-14(17)18)11-13-7-4-3-5-8-13/h3-5,7-8H,6,9-12H2,1-2H3,(H2,17,18). The van der Waals surface area contributed by atoms with Gasteiger partial charge in [0.1, 0.15) is 5.60 Å². The molecular weight excluding hydrogens is 238 g/mol. The van der Waals surface area contributed by atoms with Crippen molar-refractivity contribution in [1.29, 1.82) is 0 Å². The zero-order chi connectivity index (χ0) is 13.9. The van der Waals surface area contributed by atoms with Crippen LogP contribution in [0.5, 0.6) is 0 Å². The van der Waals surface area contributed by atoms with E-state index in [0.717, 1.165) is 25.7 Å². The molecule has 1 amide bonds. The highest BCUT2D eigenvalue weighted by Crippen LogP contribution is 2.44. The van der Waals surface area contributed by atoms with Gasteiger partial charge < -0.3 is 10.5 Å². The minimum absolute atomic E-state index is 0.197. The summed E-state index contributed by atoms with van der Waals surface area (Å²) in [7, 11) is 0. The Kier molecular flexibility index (Phi) is 3.83. The topological polar surface area (TPSA) is 52.3 Å². The zero-order valence-electron chi connectivity index (χ0n) is 11.8. The third-order valence-electron chi connectivity index (χ3n) is 3.97. The minimum Gasteiger partial charge on any atom is -0.443 e. The fraction of sp³-hybridized carbons (Fsp3) is 0.562. The van der Waals surface area contributed by atoms with E-state index in [-0.39, 0.29) is 5.41 Å². The van der Waals surface area contributed by atoms with Crippen LogP contribution in [0, 0.1) is 5.41 Å². The van der Waals surface area contributed by atoms with Gasteiger partial charge in [-0.2, -0.15) is 0 Å². The summed E-state index contributed by atoms with van der Waals surface area (Å²) in [6.45, 7) is 4.46. The van der Waals surface area contributed by atoms with Gasteiger partial charge in [-0.05, 0) is 36.7 Å². The quantitative estimate of drug-likeness (QED) is 0.902. The summed E-state index contributed by atoms with van der Waals surface area (Å²) in [6, 6.07) is 10.2. The van der Waals surface area contributed by atoms with Gasteiger partial charge in [0.05, 0.1) is 0 Å². The molecule has 0 radical (unpaired) electrons. The first-order valence-corrected chi connectivity index (χ1v) is 6.93. The van der Waals surface area contributed by atoms with E-state index < -0.39 is 11.7 Å². The average molecular weight is 261 g/mol. The van der Waals surface area contributed by atoms with Crippen LogP contribution in [0.1, 0.15) is 45.1 Å². The van der Waals surface area contributed by atoms with Crippen molar-refractivity contribution in [3.05, 3.63) is 35.9 Å². The summed E-state index contributed by atoms with van der Waals surface area (Å²) < 4.78 is 5.56. The third-order valence-corrected chi connectivity index (χ3v) is 3.97. The molecule has 1 fully saturated rings. The van der Waals surface area contributed by atoms with Crippen LogP contribution in [0.4, 0.5) is 4.79 Å². The molecule has 0 bridgehead atoms. The predicted molar refractivity (Wildman–Crippen MR) is 75.8 cm³/mol. The molecule has 1 aromatic rings. The smallest absolute Gasteiger partial charge is 0.405 e. The number of carbonyl (C=O) groups excluding carboxylic acids is 1. The van der Waals surface area contributed by atoms with E-state index in [4.69, 9.17) is 10.5 Å². The van der Waals surface area contributed by atoms with E-state index >= 15 is 0 Å². The maximum atomic E-state index is 11.3. The minimum atomic E-state index is -0.659. The lowest BCUT2D eigenvalue weighted by atomic mass is 9.68. The molecule has 2 N–H and O–H groups in total. The molecule has 1 saturated carbocycles. The Labute approximate surface area is 115 Å². The summed E-state index contributed by atoms with van der Waals surface area (Å²) in [5.41, 5.74) is 6.25. The van der Waals surface area contributed by atoms with Gasteiger partial charge in [0.25, 0.3) is 0 Å². The van der Waals surface area contributed by atoms with Gasteiger partial charge in [-0.3, -0.25) is 0 Å². The molecule has 1 unspecified atom stereocenters. The Balaban J connectivity index is 2.22. The van der Waals surface area contributed by atoms with Gasteiger partial charge in [-0.15, -0.1) is 0 Å². The average Bonchev–Trinajstić information content (AvgIpc) is 2.27. The van der Waals surface area contributed by atoms with Gasteiger partial charge >= 0.3 is 6.09 Å². The van der Waals surface area contributed by atoms with Crippen molar-refractivity contribution in [3.8, 4) is 0 Å². The second-order valence-corrected chi connectivity index (χ2v) is 6.46. The second-order valence-electron chi connectivity index (χ2n) is 6.46. The molecule has 0 saturated heterocycles. The lowest BCUT2D eigenvalue weighted by molar-refractivity contribution is -0.0468. The lowest BCUT2D eigenvalue weighted by Gasteiger charge is -2.44. The van der Waals surface area contributed by atoms with Crippen molar-refractivity contribution < 1.29 is 9.53 Å². The lowest BCUT2D eigenvalue weighted by Crippen LogP contribution is -2.45. The highest BCUT2D eigenvalue weighted by Gasteiger charge is 2.42. The summed E-state index contributed by atoms with van der Waals surface area (Å²) in [5, 5.41) is 0. The SMILES string of the molecule is CC1(C)CCCC(Cc2ccccc2)(OC(N)=O)C1. The largest absolute Gasteiger partial charge is 0.443 e. The number of hydrogen-bond acceptors (Lipinski definition) is 2. The number of benzene rings is 1. The van der Waals surface area contributed by atoms with Crippen LogP contribution >= 0.6 is 0 Å². The van der Waals surface area contributed by atoms with E-state index in [9.17, 15) is 4.79 Å². The molecule has 0 heterocycles. The number of hydrogen-bond donors (Lipinski definition) is 1. The highest BCUT2D eigenvalue weighted by molar-refractivity contribution is 5.65. The Hall–Kier alpha value is -1.51. The first-order valence-electron chi connectivity index (χ1n) is 6.93. The monoisotopic (exact) mass is 261 g/mol. The van der Waals surface area contributed by atoms with E-state index in [1.54, 1.807) is 0 Å². The van der Waals surface area contributed by atoms with Crippen molar-refractivity contribution in [2.75, 3.05) is 0 Å². The van der Waals surface area contributed by atoms with Gasteiger partial charge in [0.15, 0.2) is 0 Å². The summed E-state index contributed by atoms with van der Waals surface area (Å²) in [6.07, 6.45) is 4.11. The van der Waals surface area contributed by atoms with Crippen LogP contribution in [0.25, 0.3) is 0 Å². The normalized spacial score (nSPS) is 25.8. The Bertz CT molecular complexity index is 441. The molecule has 0 aromatic heterocycles. The molecule has 1 aliphatic rings. The number of amides is 1. The molecule has 19 heavy (non-hydrogen) atoms. The first kappa shape index (κ1) is 13.9. The summed E-state index contributed by atoms with van der Waals surface area (Å²) in [4.78, 5) is 11.3. The maximum absolute atomic E-state index is 11.3. The molecule has 0 spiro atoms. The van der Waals surface area contributed by atoms with E-state index in [1.807, 2.05) is 18.2 Å². The zero-order valence-corrected chi connectivity index (χ0v) is 11.8. The fourth-order valence-corrected chi connectivity index (χ4v) is 3.39.